The van der Waals surface area contributed by atoms with Crippen molar-refractivity contribution in [1.29, 1.82) is 0 Å². The molecule has 0 spiro atoms. The molecule has 1 fully saturated rings. The van der Waals surface area contributed by atoms with E-state index in [4.69, 9.17) is 16.1 Å². The zero-order valence-corrected chi connectivity index (χ0v) is 12.8. The smallest absolute Gasteiger partial charge is 0.242 e. The lowest BCUT2D eigenvalue weighted by Crippen LogP contribution is -2.31. The van der Waals surface area contributed by atoms with Gasteiger partial charge in [-0.25, -0.2) is 4.98 Å². The molecule has 114 valence electrons. The summed E-state index contributed by atoms with van der Waals surface area (Å²) in [5.41, 5.74) is 0. The number of nitrogens with one attached hydrogen (secondary N) is 1. The fraction of sp³-hybridized carbons (Fsp3) is 0.692. The van der Waals surface area contributed by atoms with Crippen LogP contribution in [0.5, 0.6) is 0 Å². The fourth-order valence-electron chi connectivity index (χ4n) is 2.61. The first-order valence-electron chi connectivity index (χ1n) is 7.26. The van der Waals surface area contributed by atoms with Gasteiger partial charge < -0.3 is 9.42 Å². The van der Waals surface area contributed by atoms with Crippen LogP contribution in [0.15, 0.2) is 4.52 Å². The van der Waals surface area contributed by atoms with Crippen molar-refractivity contribution in [2.45, 2.75) is 32.1 Å². The average Bonchev–Trinajstić information content (AvgIpc) is 3.08. The summed E-state index contributed by atoms with van der Waals surface area (Å²) in [4.78, 5) is 10.9. The van der Waals surface area contributed by atoms with Crippen molar-refractivity contribution in [2.75, 3.05) is 20.1 Å². The van der Waals surface area contributed by atoms with Crippen LogP contribution >= 0.6 is 11.6 Å². The van der Waals surface area contributed by atoms with Crippen LogP contribution in [-0.2, 0) is 19.3 Å². The van der Waals surface area contributed by atoms with Crippen molar-refractivity contribution in [1.82, 2.24) is 30.2 Å². The van der Waals surface area contributed by atoms with Gasteiger partial charge in [-0.15, -0.1) is 5.10 Å². The summed E-state index contributed by atoms with van der Waals surface area (Å²) in [6.45, 7) is 2.31. The summed E-state index contributed by atoms with van der Waals surface area (Å²) in [6.07, 6.45) is 4.63. The van der Waals surface area contributed by atoms with Gasteiger partial charge in [0.15, 0.2) is 5.82 Å². The second kappa shape index (κ2) is 6.53. The van der Waals surface area contributed by atoms with Crippen LogP contribution in [0.25, 0.3) is 0 Å². The number of likely N-dealkylation sites (tertiary alicyclic amines) is 1. The van der Waals surface area contributed by atoms with Crippen LogP contribution < -0.4 is 0 Å². The van der Waals surface area contributed by atoms with Crippen molar-refractivity contribution in [3.63, 3.8) is 0 Å². The van der Waals surface area contributed by atoms with Crippen molar-refractivity contribution in [3.05, 3.63) is 22.8 Å². The standard InChI is InChI=1S/C13H19ClN6O/c1-20-6-4-9(5-7-20)8-11-15-12(21-19-11)3-2-10-16-13(14)18-17-10/h9H,2-8H2,1H3,(H,16,17,18). The molecule has 1 N–H and O–H groups in total. The first-order chi connectivity index (χ1) is 10.2. The molecule has 0 saturated carbocycles. The topological polar surface area (TPSA) is 83.7 Å². The highest BCUT2D eigenvalue weighted by Crippen LogP contribution is 2.19. The first-order valence-corrected chi connectivity index (χ1v) is 7.63. The van der Waals surface area contributed by atoms with Crippen molar-refractivity contribution >= 4 is 11.6 Å². The van der Waals surface area contributed by atoms with Crippen LogP contribution in [0.1, 0.15) is 30.4 Å². The van der Waals surface area contributed by atoms with Gasteiger partial charge in [0.25, 0.3) is 0 Å². The molecule has 1 aliphatic heterocycles. The number of rotatable bonds is 5. The molecular formula is C13H19ClN6O. The van der Waals surface area contributed by atoms with Gasteiger partial charge in [-0.3, -0.25) is 5.10 Å². The lowest BCUT2D eigenvalue weighted by Gasteiger charge is -2.27. The van der Waals surface area contributed by atoms with E-state index >= 15 is 0 Å². The molecule has 3 heterocycles. The minimum atomic E-state index is 0.235. The Balaban J connectivity index is 1.49. The number of aromatic amines is 1. The maximum atomic E-state index is 5.66. The van der Waals surface area contributed by atoms with Gasteiger partial charge in [-0.2, -0.15) is 4.98 Å². The van der Waals surface area contributed by atoms with Crippen molar-refractivity contribution in [2.24, 2.45) is 5.92 Å². The molecule has 0 unspecified atom stereocenters. The number of hydrogen-bond donors (Lipinski definition) is 1. The first kappa shape index (κ1) is 14.5. The Bertz CT molecular complexity index is 575. The largest absolute Gasteiger partial charge is 0.339 e. The molecule has 2 aromatic heterocycles. The zero-order valence-electron chi connectivity index (χ0n) is 12.0. The lowest BCUT2D eigenvalue weighted by atomic mass is 9.94. The van der Waals surface area contributed by atoms with Crippen LogP contribution in [-0.4, -0.2) is 50.4 Å². The maximum absolute atomic E-state index is 5.66. The van der Waals surface area contributed by atoms with E-state index < -0.39 is 0 Å². The van der Waals surface area contributed by atoms with E-state index in [1.807, 2.05) is 0 Å². The number of H-pyrrole nitrogens is 1. The van der Waals surface area contributed by atoms with E-state index in [0.29, 0.717) is 24.7 Å². The number of nitrogens with zero attached hydrogens (tertiary/aromatic N) is 5. The summed E-state index contributed by atoms with van der Waals surface area (Å²) in [5.74, 6) is 2.86. The number of aromatic nitrogens is 5. The zero-order chi connectivity index (χ0) is 14.7. The molecule has 1 saturated heterocycles. The molecule has 0 atom stereocenters. The molecule has 8 heteroatoms. The predicted molar refractivity (Wildman–Crippen MR) is 77.0 cm³/mol. The Labute approximate surface area is 128 Å². The van der Waals surface area contributed by atoms with Gasteiger partial charge in [0.05, 0.1) is 0 Å². The Morgan fingerprint density at radius 1 is 1.29 bits per heavy atom. The van der Waals surface area contributed by atoms with E-state index in [1.54, 1.807) is 0 Å². The van der Waals surface area contributed by atoms with E-state index in [0.717, 1.165) is 31.2 Å². The van der Waals surface area contributed by atoms with Crippen LogP contribution in [0.3, 0.4) is 0 Å². The van der Waals surface area contributed by atoms with E-state index in [2.05, 4.69) is 37.3 Å². The number of piperidine rings is 1. The van der Waals surface area contributed by atoms with Gasteiger partial charge in [-0.1, -0.05) is 5.16 Å². The normalized spacial score (nSPS) is 17.4. The molecule has 2 aromatic rings. The molecule has 0 radical (unpaired) electrons. The highest BCUT2D eigenvalue weighted by Gasteiger charge is 2.19. The lowest BCUT2D eigenvalue weighted by molar-refractivity contribution is 0.216. The third-order valence-electron chi connectivity index (χ3n) is 3.90. The second-order valence-corrected chi connectivity index (χ2v) is 5.94. The maximum Gasteiger partial charge on any atom is 0.242 e. The molecule has 3 rings (SSSR count). The van der Waals surface area contributed by atoms with Gasteiger partial charge >= 0.3 is 0 Å². The van der Waals surface area contributed by atoms with Crippen LogP contribution in [0.4, 0.5) is 0 Å². The summed E-state index contributed by atoms with van der Waals surface area (Å²) in [5, 5.41) is 10.9. The third kappa shape index (κ3) is 4.01. The van der Waals surface area contributed by atoms with Gasteiger partial charge in [0.1, 0.15) is 5.82 Å². The Kier molecular flexibility index (Phi) is 4.50. The van der Waals surface area contributed by atoms with Gasteiger partial charge in [0, 0.05) is 19.3 Å². The monoisotopic (exact) mass is 310 g/mol. The third-order valence-corrected chi connectivity index (χ3v) is 4.07. The minimum absolute atomic E-state index is 0.235. The highest BCUT2D eigenvalue weighted by atomic mass is 35.5. The molecular weight excluding hydrogens is 292 g/mol. The minimum Gasteiger partial charge on any atom is -0.339 e. The fourth-order valence-corrected chi connectivity index (χ4v) is 2.75. The van der Waals surface area contributed by atoms with Gasteiger partial charge in [0.2, 0.25) is 11.2 Å². The molecule has 0 aromatic carbocycles. The molecule has 0 aliphatic carbocycles. The highest BCUT2D eigenvalue weighted by molar-refractivity contribution is 6.28. The SMILES string of the molecule is CN1CCC(Cc2noc(CCc3nc(Cl)n[nH]3)n2)CC1. The molecule has 7 nitrogen and oxygen atoms in total. The Morgan fingerprint density at radius 3 is 2.81 bits per heavy atom. The quantitative estimate of drug-likeness (QED) is 0.901. The molecule has 0 amide bonds. The van der Waals surface area contributed by atoms with Crippen LogP contribution in [0.2, 0.25) is 5.28 Å². The number of hydrogen-bond acceptors (Lipinski definition) is 6. The molecule has 0 bridgehead atoms. The van der Waals surface area contributed by atoms with E-state index in [-0.39, 0.29) is 5.28 Å². The Morgan fingerprint density at radius 2 is 2.10 bits per heavy atom. The number of aryl methyl sites for hydroxylation is 2. The van der Waals surface area contributed by atoms with Gasteiger partial charge in [-0.05, 0) is 50.5 Å². The average molecular weight is 311 g/mol. The molecule has 21 heavy (non-hydrogen) atoms. The van der Waals surface area contributed by atoms with Crippen molar-refractivity contribution in [3.8, 4) is 0 Å². The molecule has 1 aliphatic rings. The summed E-state index contributed by atoms with van der Waals surface area (Å²) >= 11 is 5.66. The number of halogens is 1. The Hall–Kier alpha value is -1.47. The predicted octanol–water partition coefficient (Wildman–Crippen LogP) is 1.51. The van der Waals surface area contributed by atoms with Crippen molar-refractivity contribution < 1.29 is 4.52 Å². The second-order valence-electron chi connectivity index (χ2n) is 5.61. The van der Waals surface area contributed by atoms with E-state index in [9.17, 15) is 0 Å². The van der Waals surface area contributed by atoms with E-state index in [1.165, 1.54) is 12.8 Å². The summed E-state index contributed by atoms with van der Waals surface area (Å²) in [7, 11) is 2.17. The van der Waals surface area contributed by atoms with Crippen LogP contribution in [0, 0.1) is 5.92 Å². The summed E-state index contributed by atoms with van der Waals surface area (Å²) < 4.78 is 5.29. The summed E-state index contributed by atoms with van der Waals surface area (Å²) in [6, 6.07) is 0.